The Morgan fingerprint density at radius 3 is 3.06 bits per heavy atom. The lowest BCUT2D eigenvalue weighted by atomic mass is 10.1. The molecule has 0 amide bonds. The summed E-state index contributed by atoms with van der Waals surface area (Å²) in [6.07, 6.45) is 2.70. The van der Waals surface area contributed by atoms with Crippen LogP contribution in [-0.4, -0.2) is 16.7 Å². The van der Waals surface area contributed by atoms with E-state index >= 15 is 0 Å². The minimum absolute atomic E-state index is 0.0237. The summed E-state index contributed by atoms with van der Waals surface area (Å²) in [6, 6.07) is 3.15. The van der Waals surface area contributed by atoms with Gasteiger partial charge in [-0.1, -0.05) is 0 Å². The van der Waals surface area contributed by atoms with Crippen molar-refractivity contribution in [2.75, 3.05) is 0 Å². The van der Waals surface area contributed by atoms with Gasteiger partial charge < -0.3 is 10.2 Å². The smallest absolute Gasteiger partial charge is 0.233 e. The van der Waals surface area contributed by atoms with Crippen molar-refractivity contribution in [3.8, 4) is 0 Å². The number of ketones is 1. The maximum absolute atomic E-state index is 11.9. The van der Waals surface area contributed by atoms with Crippen molar-refractivity contribution in [1.82, 2.24) is 5.43 Å². The Labute approximate surface area is 101 Å². The third-order valence-corrected chi connectivity index (χ3v) is 1.93. The topological polar surface area (TPSA) is 105 Å². The van der Waals surface area contributed by atoms with Crippen molar-refractivity contribution in [3.63, 3.8) is 0 Å². The highest BCUT2D eigenvalue weighted by Crippen LogP contribution is 2.15. The van der Waals surface area contributed by atoms with Crippen LogP contribution in [0.15, 0.2) is 49.9 Å². The molecule has 1 aliphatic rings. The van der Waals surface area contributed by atoms with Gasteiger partial charge in [0.15, 0.2) is 10.9 Å². The zero-order valence-electron chi connectivity index (χ0n) is 8.45. The molecule has 7 nitrogen and oxygen atoms in total. The average Bonchev–Trinajstić information content (AvgIpc) is 2.96. The number of nitrogens with zero attached hydrogens (tertiary/aromatic N) is 3. The summed E-state index contributed by atoms with van der Waals surface area (Å²) in [5.41, 5.74) is 7.75. The summed E-state index contributed by atoms with van der Waals surface area (Å²) in [4.78, 5) is 11.9. The van der Waals surface area contributed by atoms with Gasteiger partial charge in [0, 0.05) is 0 Å². The summed E-state index contributed by atoms with van der Waals surface area (Å²) < 4.78 is 4.98. The van der Waals surface area contributed by atoms with Crippen molar-refractivity contribution in [2.45, 2.75) is 0 Å². The van der Waals surface area contributed by atoms with Crippen LogP contribution in [0.25, 0.3) is 0 Å². The van der Waals surface area contributed by atoms with Crippen LogP contribution in [0.1, 0.15) is 10.6 Å². The van der Waals surface area contributed by atoms with Gasteiger partial charge >= 0.3 is 0 Å². The molecule has 0 bridgehead atoms. The molecule has 0 fully saturated rings. The lowest BCUT2D eigenvalue weighted by molar-refractivity contribution is 0.101. The number of nitrogens with two attached hydrogens (primary N) is 1. The molecule has 3 N–H and O–H groups in total. The van der Waals surface area contributed by atoms with E-state index in [1.165, 1.54) is 12.5 Å². The van der Waals surface area contributed by atoms with Crippen molar-refractivity contribution < 1.29 is 9.21 Å². The first kappa shape index (κ1) is 11.1. The van der Waals surface area contributed by atoms with Crippen LogP contribution in [0.2, 0.25) is 0 Å². The molecule has 17 heavy (non-hydrogen) atoms. The zero-order valence-corrected chi connectivity index (χ0v) is 9.27. The van der Waals surface area contributed by atoms with Crippen molar-refractivity contribution in [2.24, 2.45) is 21.1 Å². The lowest BCUT2D eigenvalue weighted by Crippen LogP contribution is -2.25. The number of furan rings is 1. The summed E-state index contributed by atoms with van der Waals surface area (Å²) in [5, 5.41) is 11.0. The van der Waals surface area contributed by atoms with Gasteiger partial charge in [-0.3, -0.25) is 10.2 Å². The number of carbonyl (C=O) groups excluding carboxylic acids is 1. The van der Waals surface area contributed by atoms with E-state index in [0.717, 1.165) is 0 Å². The zero-order chi connectivity index (χ0) is 12.3. The van der Waals surface area contributed by atoms with Gasteiger partial charge in [0.25, 0.3) is 0 Å². The van der Waals surface area contributed by atoms with E-state index in [-0.39, 0.29) is 28.1 Å². The fourth-order valence-corrected chi connectivity index (χ4v) is 1.19. The van der Waals surface area contributed by atoms with E-state index in [1.54, 1.807) is 12.1 Å². The Morgan fingerprint density at radius 1 is 1.59 bits per heavy atom. The first-order valence-corrected chi connectivity index (χ1v) is 4.92. The van der Waals surface area contributed by atoms with Crippen LogP contribution in [0.3, 0.4) is 0 Å². The number of hydrazone groups is 1. The molecule has 0 saturated heterocycles. The third kappa shape index (κ3) is 2.42. The van der Waals surface area contributed by atoms with E-state index in [1.807, 2.05) is 0 Å². The molecule has 8 heteroatoms. The molecule has 2 heterocycles. The maximum Gasteiger partial charge on any atom is 0.233 e. The van der Waals surface area contributed by atoms with Crippen molar-refractivity contribution >= 4 is 28.9 Å². The lowest BCUT2D eigenvalue weighted by Gasteiger charge is -1.99. The quantitative estimate of drug-likeness (QED) is 0.471. The Morgan fingerprint density at radius 2 is 2.41 bits per heavy atom. The van der Waals surface area contributed by atoms with E-state index in [4.69, 9.17) is 10.2 Å². The van der Waals surface area contributed by atoms with Crippen LogP contribution in [-0.2, 0) is 0 Å². The van der Waals surface area contributed by atoms with Crippen molar-refractivity contribution in [1.29, 1.82) is 0 Å². The normalized spacial score (nSPS) is 16.0. The van der Waals surface area contributed by atoms with E-state index in [0.29, 0.717) is 0 Å². The molecule has 0 aliphatic carbocycles. The Bertz CT molecular complexity index is 544. The summed E-state index contributed by atoms with van der Waals surface area (Å²) in [6.45, 7) is 0. The molecular formula is C9H7N5O2S. The van der Waals surface area contributed by atoms with Crippen LogP contribution in [0.5, 0.6) is 0 Å². The second-order valence-corrected chi connectivity index (χ2v) is 3.42. The van der Waals surface area contributed by atoms with Gasteiger partial charge in [-0.15, -0.1) is 5.11 Å². The number of rotatable bonds is 3. The largest absolute Gasteiger partial charge is 0.461 e. The molecule has 1 aliphatic heterocycles. The number of Topliss-reactive ketones (excluding diaryl/α,β-unsaturated/α-hetero) is 1. The molecular weight excluding hydrogens is 242 g/mol. The molecule has 1 aromatic heterocycles. The number of hydrogen-bond donors (Lipinski definition) is 2. The number of carbonyl (C=O) groups is 1. The Balaban J connectivity index is 2.20. The molecule has 2 rings (SSSR count). The highest BCUT2D eigenvalue weighted by atomic mass is 32.1. The summed E-state index contributed by atoms with van der Waals surface area (Å²) in [5.74, 6) is -0.0609. The van der Waals surface area contributed by atoms with Gasteiger partial charge in [0.1, 0.15) is 0 Å². The number of azo groups is 1. The van der Waals surface area contributed by atoms with Crippen LogP contribution in [0, 0.1) is 0 Å². The molecule has 0 unspecified atom stereocenters. The highest BCUT2D eigenvalue weighted by molar-refractivity contribution is 7.80. The molecule has 0 atom stereocenters. The van der Waals surface area contributed by atoms with Gasteiger partial charge in [0.05, 0.1) is 18.0 Å². The maximum atomic E-state index is 11.9. The van der Waals surface area contributed by atoms with E-state index < -0.39 is 0 Å². The standard InChI is InChI=1S/C9H7N5O2S/c10-9(17)14-13-8-5(4-11-12-8)7(15)6-2-1-3-16-6/h1-4H,(H3,10,14,17). The summed E-state index contributed by atoms with van der Waals surface area (Å²) >= 11 is 4.58. The average molecular weight is 249 g/mol. The minimum Gasteiger partial charge on any atom is -0.461 e. The first-order chi connectivity index (χ1) is 8.18. The second-order valence-electron chi connectivity index (χ2n) is 2.98. The van der Waals surface area contributed by atoms with Gasteiger partial charge in [-0.25, -0.2) is 0 Å². The van der Waals surface area contributed by atoms with Crippen LogP contribution in [0.4, 0.5) is 0 Å². The second kappa shape index (κ2) is 4.66. The van der Waals surface area contributed by atoms with Crippen LogP contribution >= 0.6 is 12.2 Å². The molecule has 1 aromatic rings. The first-order valence-electron chi connectivity index (χ1n) is 4.51. The number of nitrogens with one attached hydrogen (secondary N) is 1. The Hall–Kier alpha value is -2.35. The molecule has 86 valence electrons. The van der Waals surface area contributed by atoms with Gasteiger partial charge in [0.2, 0.25) is 11.6 Å². The van der Waals surface area contributed by atoms with Crippen molar-refractivity contribution in [3.05, 3.63) is 35.9 Å². The molecule has 0 saturated carbocycles. The highest BCUT2D eigenvalue weighted by Gasteiger charge is 2.23. The molecule has 0 aromatic carbocycles. The van der Waals surface area contributed by atoms with Crippen LogP contribution < -0.4 is 11.2 Å². The third-order valence-electron chi connectivity index (χ3n) is 1.84. The molecule has 0 radical (unpaired) electrons. The SMILES string of the molecule is NC(=S)NN=C1N=NC=C1C(=O)c1ccco1. The minimum atomic E-state index is -0.358. The predicted molar refractivity (Wildman–Crippen MR) is 63.3 cm³/mol. The fourth-order valence-electron chi connectivity index (χ4n) is 1.14. The summed E-state index contributed by atoms with van der Waals surface area (Å²) in [7, 11) is 0. The fraction of sp³-hybridized carbons (Fsp3) is 0. The van der Waals surface area contributed by atoms with E-state index in [2.05, 4.69) is 33.0 Å². The van der Waals surface area contributed by atoms with Gasteiger partial charge in [-0.05, 0) is 24.4 Å². The number of thiocarbonyl (C=S) groups is 1. The monoisotopic (exact) mass is 249 g/mol. The number of hydrogen-bond acceptors (Lipinski definition) is 5. The predicted octanol–water partition coefficient (Wildman–Crippen LogP) is 0.959. The van der Waals surface area contributed by atoms with E-state index in [9.17, 15) is 4.79 Å². The number of amidine groups is 1. The Kier molecular flexibility index (Phi) is 3.06. The molecule has 0 spiro atoms. The van der Waals surface area contributed by atoms with Gasteiger partial charge in [-0.2, -0.15) is 10.2 Å².